The van der Waals surface area contributed by atoms with Gasteiger partial charge >= 0.3 is 0 Å². The highest BCUT2D eigenvalue weighted by molar-refractivity contribution is 7.91. The Kier molecular flexibility index (Phi) is 6.79. The lowest BCUT2D eigenvalue weighted by molar-refractivity contribution is -0.173. The fraction of sp³-hybridized carbons (Fsp3) is 0.370. The number of fused-ring (bicyclic) bond motifs is 1. The number of halogens is 2. The number of nitrogens with one attached hydrogen (secondary N) is 1. The summed E-state index contributed by atoms with van der Waals surface area (Å²) in [6.07, 6.45) is -1.13. The van der Waals surface area contributed by atoms with Gasteiger partial charge in [0.25, 0.3) is 5.91 Å². The Hall–Kier alpha value is -3.64. The van der Waals surface area contributed by atoms with E-state index in [1.54, 1.807) is 0 Å². The quantitative estimate of drug-likeness (QED) is 0.321. The van der Waals surface area contributed by atoms with Gasteiger partial charge in [-0.05, 0) is 43.3 Å². The molecule has 2 heterocycles. The fourth-order valence-corrected chi connectivity index (χ4v) is 6.98. The molecule has 2 aromatic carbocycles. The molecule has 1 aromatic heterocycles. The van der Waals surface area contributed by atoms with E-state index in [0.29, 0.717) is 5.75 Å². The first-order valence-electron chi connectivity index (χ1n) is 12.3. The second-order valence-corrected chi connectivity index (χ2v) is 12.3. The smallest absolute Gasteiger partial charge is 0.254 e. The van der Waals surface area contributed by atoms with Crippen molar-refractivity contribution in [2.75, 3.05) is 18.8 Å². The summed E-state index contributed by atoms with van der Waals surface area (Å²) in [5.41, 5.74) is 2.51. The highest BCUT2D eigenvalue weighted by Crippen LogP contribution is 2.45. The molecule has 2 fully saturated rings. The Balaban J connectivity index is 1.25. The number of pyridine rings is 1. The largest absolute Gasteiger partial charge is 0.489 e. The lowest BCUT2D eigenvalue weighted by Gasteiger charge is -2.50. The normalized spacial score (nSPS) is 18.2. The van der Waals surface area contributed by atoms with Crippen molar-refractivity contribution in [1.29, 1.82) is 0 Å². The number of aryl methyl sites for hydroxylation is 1. The number of alkyl halides is 2. The highest BCUT2D eigenvalue weighted by atomic mass is 32.2. The maximum Gasteiger partial charge on any atom is 0.254 e. The number of carbonyl (C=O) groups is 2. The third-order valence-electron chi connectivity index (χ3n) is 7.29. The van der Waals surface area contributed by atoms with Gasteiger partial charge in [0.05, 0.1) is 16.2 Å². The lowest BCUT2D eigenvalue weighted by atomic mass is 9.76. The molecule has 1 saturated heterocycles. The molecule has 0 bridgehead atoms. The standard InChI is InChI=1S/C27H27F2N3O6S/c1-17-10-18(22-4-2-3-5-23(22)30-17)13-38-20-6-8-21(9-7-20)39(36,37)16-26(25(34)31-35)14-32(15-26)24(33)19-11-27(28,29)12-19/h2-10,19,35H,11-16H2,1H3,(H,31,34). The number of nitrogens with zero attached hydrogens (tertiary/aromatic N) is 2. The number of hydroxylamine groups is 1. The number of aromatic nitrogens is 1. The van der Waals surface area contributed by atoms with Crippen LogP contribution in [0, 0.1) is 18.3 Å². The van der Waals surface area contributed by atoms with E-state index >= 15 is 0 Å². The van der Waals surface area contributed by atoms with Crippen molar-refractivity contribution < 1.29 is 36.7 Å². The monoisotopic (exact) mass is 559 g/mol. The number of amides is 2. The van der Waals surface area contributed by atoms with Crippen LogP contribution in [0.4, 0.5) is 8.78 Å². The minimum Gasteiger partial charge on any atom is -0.489 e. The van der Waals surface area contributed by atoms with Gasteiger partial charge < -0.3 is 9.64 Å². The van der Waals surface area contributed by atoms with E-state index in [0.717, 1.165) is 22.2 Å². The molecule has 2 aliphatic rings. The maximum absolute atomic E-state index is 13.2. The van der Waals surface area contributed by atoms with E-state index in [9.17, 15) is 32.0 Å². The molecule has 206 valence electrons. The predicted molar refractivity (Wildman–Crippen MR) is 136 cm³/mol. The number of likely N-dealkylation sites (tertiary alicyclic amines) is 1. The van der Waals surface area contributed by atoms with E-state index in [1.165, 1.54) is 34.6 Å². The van der Waals surface area contributed by atoms with Crippen molar-refractivity contribution in [2.24, 2.45) is 11.3 Å². The molecule has 1 aliphatic heterocycles. The van der Waals surface area contributed by atoms with E-state index < -0.39 is 57.5 Å². The molecule has 1 aliphatic carbocycles. The summed E-state index contributed by atoms with van der Waals surface area (Å²) in [5.74, 6) is -5.46. The van der Waals surface area contributed by atoms with E-state index in [-0.39, 0.29) is 24.6 Å². The predicted octanol–water partition coefficient (Wildman–Crippen LogP) is 3.28. The minimum atomic E-state index is -4.03. The molecule has 12 heteroatoms. The first-order valence-corrected chi connectivity index (χ1v) is 14.0. The van der Waals surface area contributed by atoms with Crippen molar-refractivity contribution >= 4 is 32.6 Å². The van der Waals surface area contributed by atoms with Crippen LogP contribution in [0.3, 0.4) is 0 Å². The number of carbonyl (C=O) groups excluding carboxylic acids is 2. The molecular formula is C27H27F2N3O6S. The molecule has 0 radical (unpaired) electrons. The second kappa shape index (κ2) is 9.83. The van der Waals surface area contributed by atoms with Crippen LogP contribution in [0.15, 0.2) is 59.5 Å². The second-order valence-electron chi connectivity index (χ2n) is 10.3. The Morgan fingerprint density at radius 3 is 2.44 bits per heavy atom. The van der Waals surface area contributed by atoms with Crippen LogP contribution in [-0.4, -0.2) is 60.1 Å². The zero-order valence-electron chi connectivity index (χ0n) is 21.1. The number of hydrogen-bond acceptors (Lipinski definition) is 7. The van der Waals surface area contributed by atoms with E-state index in [4.69, 9.17) is 4.74 Å². The topological polar surface area (TPSA) is 126 Å². The maximum atomic E-state index is 13.2. The van der Waals surface area contributed by atoms with Crippen molar-refractivity contribution in [3.63, 3.8) is 0 Å². The molecular weight excluding hydrogens is 532 g/mol. The van der Waals surface area contributed by atoms with Gasteiger partial charge in [0.2, 0.25) is 11.8 Å². The van der Waals surface area contributed by atoms with Crippen molar-refractivity contribution in [3.8, 4) is 5.75 Å². The van der Waals surface area contributed by atoms with Crippen LogP contribution in [0.1, 0.15) is 24.1 Å². The molecule has 1 saturated carbocycles. The Morgan fingerprint density at radius 1 is 1.13 bits per heavy atom. The summed E-state index contributed by atoms with van der Waals surface area (Å²) in [7, 11) is -4.03. The van der Waals surface area contributed by atoms with E-state index in [1.807, 2.05) is 37.3 Å². The van der Waals surface area contributed by atoms with Crippen LogP contribution in [0.25, 0.3) is 10.9 Å². The minimum absolute atomic E-state index is 0.0615. The van der Waals surface area contributed by atoms with E-state index in [2.05, 4.69) is 4.98 Å². The number of hydrogen-bond donors (Lipinski definition) is 2. The zero-order valence-corrected chi connectivity index (χ0v) is 21.9. The Morgan fingerprint density at radius 2 is 1.79 bits per heavy atom. The average molecular weight is 560 g/mol. The van der Waals surface area contributed by atoms with Gasteiger partial charge in [0, 0.05) is 48.5 Å². The molecule has 5 rings (SSSR count). The van der Waals surface area contributed by atoms with Gasteiger partial charge in [-0.1, -0.05) is 18.2 Å². The molecule has 0 atom stereocenters. The number of rotatable bonds is 8. The molecule has 3 aromatic rings. The van der Waals surface area contributed by atoms with Crippen molar-refractivity contribution in [1.82, 2.24) is 15.4 Å². The molecule has 0 spiro atoms. The third-order valence-corrected chi connectivity index (χ3v) is 9.22. The van der Waals surface area contributed by atoms with Gasteiger partial charge in [0.15, 0.2) is 9.84 Å². The summed E-state index contributed by atoms with van der Waals surface area (Å²) in [4.78, 5) is 30.5. The van der Waals surface area contributed by atoms with Crippen LogP contribution >= 0.6 is 0 Å². The third kappa shape index (κ3) is 5.30. The number of sulfone groups is 1. The SMILES string of the molecule is Cc1cc(COc2ccc(S(=O)(=O)CC3(C(=O)NO)CN(C(=O)C4CC(F)(F)C4)C3)cc2)c2ccccc2n1. The average Bonchev–Trinajstić information content (AvgIpc) is 2.87. The van der Waals surface area contributed by atoms with Crippen molar-refractivity contribution in [3.05, 3.63) is 65.9 Å². The number of benzene rings is 2. The molecule has 2 N–H and O–H groups in total. The van der Waals surface area contributed by atoms with Gasteiger partial charge in [0.1, 0.15) is 17.8 Å². The summed E-state index contributed by atoms with van der Waals surface area (Å²) < 4.78 is 58.6. The van der Waals surface area contributed by atoms with Crippen LogP contribution in [0.2, 0.25) is 0 Å². The van der Waals surface area contributed by atoms with Crippen LogP contribution in [0.5, 0.6) is 5.75 Å². The first-order chi connectivity index (χ1) is 18.4. The lowest BCUT2D eigenvalue weighted by Crippen LogP contribution is -2.68. The number of ether oxygens (including phenoxy) is 1. The summed E-state index contributed by atoms with van der Waals surface area (Å²) >= 11 is 0. The summed E-state index contributed by atoms with van der Waals surface area (Å²) in [6.45, 7) is 1.55. The van der Waals surface area contributed by atoms with Crippen LogP contribution < -0.4 is 10.2 Å². The van der Waals surface area contributed by atoms with Crippen molar-refractivity contribution in [2.45, 2.75) is 37.2 Å². The fourth-order valence-electron chi connectivity index (χ4n) is 5.22. The summed E-state index contributed by atoms with van der Waals surface area (Å²) in [5, 5.41) is 10.2. The van der Waals surface area contributed by atoms with Gasteiger partial charge in [-0.2, -0.15) is 0 Å². The van der Waals surface area contributed by atoms with Gasteiger partial charge in [-0.3, -0.25) is 19.8 Å². The van der Waals surface area contributed by atoms with Gasteiger partial charge in [-0.15, -0.1) is 0 Å². The molecule has 0 unspecified atom stereocenters. The summed E-state index contributed by atoms with van der Waals surface area (Å²) in [6, 6.07) is 15.4. The Labute approximate surface area is 223 Å². The highest BCUT2D eigenvalue weighted by Gasteiger charge is 2.57. The molecule has 39 heavy (non-hydrogen) atoms. The molecule has 9 nitrogen and oxygen atoms in total. The number of para-hydroxylation sites is 1. The Bertz CT molecular complexity index is 1530. The van der Waals surface area contributed by atoms with Crippen LogP contribution in [-0.2, 0) is 26.0 Å². The van der Waals surface area contributed by atoms with Gasteiger partial charge in [-0.25, -0.2) is 22.7 Å². The molecule has 2 amide bonds. The zero-order chi connectivity index (χ0) is 28.0. The first kappa shape index (κ1) is 26.9.